The molecule has 14 heavy (non-hydrogen) atoms. The van der Waals surface area contributed by atoms with Gasteiger partial charge in [-0.05, 0) is 18.1 Å². The van der Waals surface area contributed by atoms with Gasteiger partial charge in [0, 0.05) is 0 Å². The van der Waals surface area contributed by atoms with Crippen LogP contribution in [0.15, 0.2) is 29.3 Å². The first-order chi connectivity index (χ1) is 6.90. The van der Waals surface area contributed by atoms with E-state index in [1.807, 2.05) is 24.3 Å². The van der Waals surface area contributed by atoms with E-state index in [0.717, 1.165) is 12.2 Å². The maximum absolute atomic E-state index is 5.53. The maximum atomic E-state index is 5.53. The van der Waals surface area contributed by atoms with E-state index in [4.69, 9.17) is 9.47 Å². The van der Waals surface area contributed by atoms with E-state index >= 15 is 0 Å². The third-order valence-corrected chi connectivity index (χ3v) is 2.11. The number of hydrogen-bond donors (Lipinski definition) is 0. The van der Waals surface area contributed by atoms with Crippen molar-refractivity contribution in [3.63, 3.8) is 0 Å². The van der Waals surface area contributed by atoms with Gasteiger partial charge in [-0.1, -0.05) is 25.1 Å². The summed E-state index contributed by atoms with van der Waals surface area (Å²) in [5, 5.41) is 0. The smallest absolute Gasteiger partial charge is 0.389 e. The van der Waals surface area contributed by atoms with E-state index in [9.17, 15) is 0 Å². The number of benzene rings is 1. The van der Waals surface area contributed by atoms with Crippen LogP contribution in [0.3, 0.4) is 0 Å². The molecule has 1 aliphatic heterocycles. The lowest BCUT2D eigenvalue weighted by Gasteiger charge is -2.08. The zero-order valence-electron chi connectivity index (χ0n) is 8.19. The number of aryl methyl sites for hydroxylation is 1. The van der Waals surface area contributed by atoms with Crippen LogP contribution < -0.4 is 4.74 Å². The normalized spacial score (nSPS) is 14.8. The van der Waals surface area contributed by atoms with Gasteiger partial charge in [-0.2, -0.15) is 0 Å². The predicted molar refractivity (Wildman–Crippen MR) is 54.7 cm³/mol. The number of nitrogens with zero attached hydrogens (tertiary/aromatic N) is 1. The molecule has 0 aliphatic carbocycles. The second-order valence-electron chi connectivity index (χ2n) is 3.06. The van der Waals surface area contributed by atoms with Gasteiger partial charge in [-0.25, -0.2) is 4.99 Å². The monoisotopic (exact) mass is 191 g/mol. The summed E-state index contributed by atoms with van der Waals surface area (Å²) in [7, 11) is 0. The molecule has 0 saturated heterocycles. The first kappa shape index (κ1) is 9.06. The van der Waals surface area contributed by atoms with E-state index in [1.165, 1.54) is 5.56 Å². The summed E-state index contributed by atoms with van der Waals surface area (Å²) in [5.41, 5.74) is 1.17. The lowest BCUT2D eigenvalue weighted by Crippen LogP contribution is -2.09. The minimum atomic E-state index is 0.394. The predicted octanol–water partition coefficient (Wildman–Crippen LogP) is 2.01. The molecule has 0 atom stereocenters. The van der Waals surface area contributed by atoms with Crippen LogP contribution in [0.4, 0.5) is 0 Å². The van der Waals surface area contributed by atoms with Gasteiger partial charge in [0.25, 0.3) is 0 Å². The topological polar surface area (TPSA) is 30.8 Å². The minimum Gasteiger partial charge on any atom is -0.448 e. The third kappa shape index (κ3) is 1.87. The number of hydrogen-bond acceptors (Lipinski definition) is 3. The van der Waals surface area contributed by atoms with Crippen LogP contribution in [0.25, 0.3) is 0 Å². The van der Waals surface area contributed by atoms with Crippen LogP contribution in [-0.4, -0.2) is 19.2 Å². The van der Waals surface area contributed by atoms with Gasteiger partial charge < -0.3 is 9.47 Å². The highest BCUT2D eigenvalue weighted by molar-refractivity contribution is 5.71. The molecule has 74 valence electrons. The van der Waals surface area contributed by atoms with Gasteiger partial charge in [0.2, 0.25) is 0 Å². The number of ether oxygens (including phenoxy) is 2. The van der Waals surface area contributed by atoms with Crippen molar-refractivity contribution in [2.45, 2.75) is 13.3 Å². The van der Waals surface area contributed by atoms with Gasteiger partial charge in [-0.3, -0.25) is 0 Å². The zero-order valence-corrected chi connectivity index (χ0v) is 8.19. The zero-order chi connectivity index (χ0) is 9.80. The van der Waals surface area contributed by atoms with Crippen molar-refractivity contribution in [2.24, 2.45) is 4.99 Å². The highest BCUT2D eigenvalue weighted by atomic mass is 16.7. The van der Waals surface area contributed by atoms with E-state index in [-0.39, 0.29) is 0 Å². The molecule has 0 N–H and O–H groups in total. The van der Waals surface area contributed by atoms with Crippen LogP contribution in [0, 0.1) is 0 Å². The fourth-order valence-electron chi connectivity index (χ4n) is 1.37. The summed E-state index contributed by atoms with van der Waals surface area (Å²) in [4.78, 5) is 4.08. The minimum absolute atomic E-state index is 0.394. The van der Waals surface area contributed by atoms with Crippen LogP contribution in [0.1, 0.15) is 12.5 Å². The first-order valence-corrected chi connectivity index (χ1v) is 4.83. The Balaban J connectivity index is 2.15. The molecular formula is C11H13NO2. The fourth-order valence-corrected chi connectivity index (χ4v) is 1.37. The molecule has 0 bridgehead atoms. The molecule has 3 heteroatoms. The number of para-hydroxylation sites is 1. The summed E-state index contributed by atoms with van der Waals surface area (Å²) in [6.45, 7) is 3.42. The Kier molecular flexibility index (Phi) is 2.68. The van der Waals surface area contributed by atoms with Gasteiger partial charge in [0.15, 0.2) is 0 Å². The highest BCUT2D eigenvalue weighted by Crippen LogP contribution is 2.19. The summed E-state index contributed by atoms with van der Waals surface area (Å²) in [6.07, 6.45) is 1.34. The van der Waals surface area contributed by atoms with Crippen molar-refractivity contribution >= 4 is 6.08 Å². The lowest BCUT2D eigenvalue weighted by molar-refractivity contribution is 0.273. The fraction of sp³-hybridized carbons (Fsp3) is 0.364. The molecule has 0 fully saturated rings. The van der Waals surface area contributed by atoms with Crippen molar-refractivity contribution in [2.75, 3.05) is 13.2 Å². The van der Waals surface area contributed by atoms with Crippen LogP contribution in [-0.2, 0) is 11.2 Å². The van der Waals surface area contributed by atoms with Crippen molar-refractivity contribution in [3.8, 4) is 5.75 Å². The second kappa shape index (κ2) is 4.13. The van der Waals surface area contributed by atoms with Crippen LogP contribution in [0.5, 0.6) is 5.75 Å². The molecule has 0 saturated carbocycles. The molecule has 0 aromatic heterocycles. The molecule has 1 heterocycles. The van der Waals surface area contributed by atoms with Crippen molar-refractivity contribution in [1.29, 1.82) is 0 Å². The summed E-state index contributed by atoms with van der Waals surface area (Å²) >= 11 is 0. The van der Waals surface area contributed by atoms with Crippen LogP contribution in [0.2, 0.25) is 0 Å². The molecule has 0 amide bonds. The maximum Gasteiger partial charge on any atom is 0.389 e. The standard InChI is InChI=1S/C11H13NO2/c1-2-9-5-3-4-6-10(9)14-11-12-7-8-13-11/h3-6H,2,7-8H2,1H3. The van der Waals surface area contributed by atoms with E-state index in [1.54, 1.807) is 0 Å². The Morgan fingerprint density at radius 1 is 1.43 bits per heavy atom. The van der Waals surface area contributed by atoms with Crippen molar-refractivity contribution < 1.29 is 9.47 Å². The van der Waals surface area contributed by atoms with Gasteiger partial charge in [0.05, 0.1) is 6.54 Å². The largest absolute Gasteiger partial charge is 0.448 e. The molecule has 0 unspecified atom stereocenters. The summed E-state index contributed by atoms with van der Waals surface area (Å²) in [6, 6.07) is 7.93. The van der Waals surface area contributed by atoms with Crippen LogP contribution >= 0.6 is 0 Å². The average molecular weight is 191 g/mol. The summed E-state index contributed by atoms with van der Waals surface area (Å²) in [5.74, 6) is 0.843. The Morgan fingerprint density at radius 2 is 2.29 bits per heavy atom. The second-order valence-corrected chi connectivity index (χ2v) is 3.06. The third-order valence-electron chi connectivity index (χ3n) is 2.11. The average Bonchev–Trinajstić information content (AvgIpc) is 2.71. The molecule has 1 aromatic rings. The number of aliphatic imine (C=N–C) groups is 1. The van der Waals surface area contributed by atoms with Crippen molar-refractivity contribution in [1.82, 2.24) is 0 Å². The quantitative estimate of drug-likeness (QED) is 0.716. The lowest BCUT2D eigenvalue weighted by atomic mass is 10.1. The summed E-state index contributed by atoms with van der Waals surface area (Å²) < 4.78 is 10.7. The Bertz CT molecular complexity index is 347. The molecule has 1 aliphatic rings. The van der Waals surface area contributed by atoms with E-state index < -0.39 is 0 Å². The van der Waals surface area contributed by atoms with Crippen molar-refractivity contribution in [3.05, 3.63) is 29.8 Å². The number of rotatable bonds is 2. The van der Waals surface area contributed by atoms with E-state index in [2.05, 4.69) is 11.9 Å². The highest BCUT2D eigenvalue weighted by Gasteiger charge is 2.11. The first-order valence-electron chi connectivity index (χ1n) is 4.83. The Morgan fingerprint density at radius 3 is 3.00 bits per heavy atom. The molecule has 0 spiro atoms. The molecule has 1 aromatic carbocycles. The Labute approximate surface area is 83.4 Å². The van der Waals surface area contributed by atoms with Gasteiger partial charge in [0.1, 0.15) is 12.4 Å². The van der Waals surface area contributed by atoms with Gasteiger partial charge >= 0.3 is 6.08 Å². The SMILES string of the molecule is CCc1ccccc1OC1=NCCO1. The molecule has 0 radical (unpaired) electrons. The Hall–Kier alpha value is -1.51. The van der Waals surface area contributed by atoms with E-state index in [0.29, 0.717) is 19.2 Å². The molecular weight excluding hydrogens is 178 g/mol. The molecule has 2 rings (SSSR count). The molecule has 3 nitrogen and oxygen atoms in total. The van der Waals surface area contributed by atoms with Gasteiger partial charge in [-0.15, -0.1) is 0 Å².